The molecule has 0 bridgehead atoms. The van der Waals surface area contributed by atoms with Gasteiger partial charge in [0.25, 0.3) is 0 Å². The summed E-state index contributed by atoms with van der Waals surface area (Å²) in [5.41, 5.74) is 1.51. The van der Waals surface area contributed by atoms with Gasteiger partial charge in [0.1, 0.15) is 17.1 Å². The summed E-state index contributed by atoms with van der Waals surface area (Å²) in [7, 11) is 1.59. The third-order valence-corrected chi connectivity index (χ3v) is 6.45. The molecule has 0 aliphatic rings. The number of carbonyl (C=O) groups is 2. The van der Waals surface area contributed by atoms with Crippen molar-refractivity contribution in [3.05, 3.63) is 72.3 Å². The van der Waals surface area contributed by atoms with Crippen LogP contribution in [0.5, 0.6) is 11.5 Å². The smallest absolute Gasteiger partial charge is 0.339 e. The first kappa shape index (κ1) is 25.9. The molecule has 3 aromatic carbocycles. The Bertz CT molecular complexity index is 1240. The lowest BCUT2D eigenvalue weighted by Gasteiger charge is -2.17. The van der Waals surface area contributed by atoms with Crippen molar-refractivity contribution >= 4 is 58.0 Å². The predicted octanol–water partition coefficient (Wildman–Crippen LogP) is 5.42. The molecular weight excluding hydrogens is 486 g/mol. The molecule has 3 aromatic rings. The van der Waals surface area contributed by atoms with Crippen LogP contribution in [0.15, 0.2) is 71.6 Å². The van der Waals surface area contributed by atoms with Crippen LogP contribution in [-0.2, 0) is 4.79 Å². The van der Waals surface area contributed by atoms with Crippen LogP contribution in [-0.4, -0.2) is 39.6 Å². The highest BCUT2D eigenvalue weighted by Crippen LogP contribution is 2.30. The summed E-state index contributed by atoms with van der Waals surface area (Å²) in [6.45, 7) is 1.89. The first-order chi connectivity index (χ1) is 16.8. The fourth-order valence-electron chi connectivity index (χ4n) is 3.17. The number of methoxy groups -OCH3 is 1. The number of carboxylic acids is 1. The molecule has 0 saturated heterocycles. The molecule has 0 radical (unpaired) electrons. The highest BCUT2D eigenvalue weighted by Gasteiger charge is 2.19. The number of hydrogen-bond donors (Lipinski definition) is 5. The number of anilines is 3. The van der Waals surface area contributed by atoms with E-state index in [1.54, 1.807) is 7.11 Å². The summed E-state index contributed by atoms with van der Waals surface area (Å²) in [4.78, 5) is 24.9. The highest BCUT2D eigenvalue weighted by atomic mass is 32.2. The van der Waals surface area contributed by atoms with E-state index in [0.717, 1.165) is 16.3 Å². The molecule has 0 aromatic heterocycles. The number of thiocarbonyl (C=S) groups is 1. The molecule has 0 saturated carbocycles. The van der Waals surface area contributed by atoms with E-state index in [-0.39, 0.29) is 17.2 Å². The van der Waals surface area contributed by atoms with Gasteiger partial charge in [-0.15, -0.1) is 11.8 Å². The van der Waals surface area contributed by atoms with Gasteiger partial charge in [0.2, 0.25) is 5.91 Å². The van der Waals surface area contributed by atoms with Gasteiger partial charge in [-0.2, -0.15) is 0 Å². The Hall–Kier alpha value is -3.76. The third-order valence-electron chi connectivity index (χ3n) is 4.88. The highest BCUT2D eigenvalue weighted by molar-refractivity contribution is 8.00. The van der Waals surface area contributed by atoms with Crippen molar-refractivity contribution in [1.29, 1.82) is 0 Å². The largest absolute Gasteiger partial charge is 0.507 e. The number of hydrogen-bond acceptors (Lipinski definition) is 6. The molecule has 35 heavy (non-hydrogen) atoms. The second-order valence-corrected chi connectivity index (χ2v) is 9.03. The molecule has 5 N–H and O–H groups in total. The van der Waals surface area contributed by atoms with E-state index in [1.807, 2.05) is 55.5 Å². The number of amides is 1. The summed E-state index contributed by atoms with van der Waals surface area (Å²) in [6.07, 6.45) is 0.547. The molecule has 8 nitrogen and oxygen atoms in total. The molecule has 0 spiro atoms. The molecular formula is C25H25N3O5S2. The van der Waals surface area contributed by atoms with Crippen molar-refractivity contribution < 1.29 is 24.5 Å². The van der Waals surface area contributed by atoms with E-state index >= 15 is 0 Å². The van der Waals surface area contributed by atoms with E-state index in [4.69, 9.17) is 22.1 Å². The Balaban J connectivity index is 1.65. The first-order valence-electron chi connectivity index (χ1n) is 10.7. The first-order valence-corrected chi connectivity index (χ1v) is 11.9. The summed E-state index contributed by atoms with van der Waals surface area (Å²) in [6, 6.07) is 18.9. The Kier molecular flexibility index (Phi) is 8.93. The van der Waals surface area contributed by atoms with Crippen molar-refractivity contribution in [2.24, 2.45) is 0 Å². The lowest BCUT2D eigenvalue weighted by Crippen LogP contribution is -2.24. The van der Waals surface area contributed by atoms with Crippen LogP contribution < -0.4 is 20.7 Å². The maximum atomic E-state index is 12.8. The Morgan fingerprint density at radius 2 is 1.74 bits per heavy atom. The molecule has 1 atom stereocenters. The molecule has 3 rings (SSSR count). The van der Waals surface area contributed by atoms with E-state index in [2.05, 4.69) is 16.0 Å². The zero-order chi connectivity index (χ0) is 25.4. The fourth-order valence-corrected chi connectivity index (χ4v) is 4.42. The minimum atomic E-state index is -1.28. The number of phenols is 1. The van der Waals surface area contributed by atoms with E-state index in [1.165, 1.54) is 30.0 Å². The van der Waals surface area contributed by atoms with Crippen molar-refractivity contribution in [3.63, 3.8) is 0 Å². The number of rotatable bonds is 9. The minimum absolute atomic E-state index is 0.272. The summed E-state index contributed by atoms with van der Waals surface area (Å²) in [5, 5.41) is 27.8. The second kappa shape index (κ2) is 12.1. The number of aromatic hydroxyl groups is 1. The van der Waals surface area contributed by atoms with Crippen molar-refractivity contribution in [1.82, 2.24) is 0 Å². The van der Waals surface area contributed by atoms with Crippen molar-refractivity contribution in [3.8, 4) is 11.5 Å². The van der Waals surface area contributed by atoms with Crippen molar-refractivity contribution in [2.75, 3.05) is 23.1 Å². The number of ether oxygens (including phenoxy) is 1. The predicted molar refractivity (Wildman–Crippen MR) is 143 cm³/mol. The van der Waals surface area contributed by atoms with Crippen LogP contribution in [0, 0.1) is 0 Å². The van der Waals surface area contributed by atoms with Crippen LogP contribution in [0.1, 0.15) is 23.7 Å². The second-order valence-electron chi connectivity index (χ2n) is 7.35. The summed E-state index contributed by atoms with van der Waals surface area (Å²) < 4.78 is 5.33. The maximum absolute atomic E-state index is 12.8. The van der Waals surface area contributed by atoms with Gasteiger partial charge in [0.05, 0.1) is 18.0 Å². The van der Waals surface area contributed by atoms with E-state index in [0.29, 0.717) is 23.0 Å². The standard InChI is InChI=1S/C25H25N3O5S2/c1-3-22(23(30)26-16-11-12-20(29)18(14-16)24(31)32)35-17-8-6-7-15(13-17)27-25(34)28-19-9-4-5-10-21(19)33-2/h4-14,22,29H,3H2,1-2H3,(H,26,30)(H,31,32)(H2,27,28,34). The normalized spacial score (nSPS) is 11.3. The Morgan fingerprint density at radius 1 is 1.00 bits per heavy atom. The quantitative estimate of drug-likeness (QED) is 0.146. The number of carboxylic acid groups (broad SMARTS) is 1. The Labute approximate surface area is 212 Å². The van der Waals surface area contributed by atoms with Gasteiger partial charge in [-0.05, 0) is 67.2 Å². The SMILES string of the molecule is CCC(Sc1cccc(NC(=S)Nc2ccccc2OC)c1)C(=O)Nc1ccc(O)c(C(=O)O)c1. The number of nitrogens with one attached hydrogen (secondary N) is 3. The summed E-state index contributed by atoms with van der Waals surface area (Å²) >= 11 is 6.80. The lowest BCUT2D eigenvalue weighted by molar-refractivity contribution is -0.115. The zero-order valence-electron chi connectivity index (χ0n) is 19.1. The van der Waals surface area contributed by atoms with Gasteiger partial charge in [-0.3, -0.25) is 4.79 Å². The Morgan fingerprint density at radius 3 is 2.46 bits per heavy atom. The van der Waals surface area contributed by atoms with Gasteiger partial charge in [-0.1, -0.05) is 25.1 Å². The topological polar surface area (TPSA) is 120 Å². The average molecular weight is 512 g/mol. The van der Waals surface area contributed by atoms with Gasteiger partial charge in [0, 0.05) is 16.3 Å². The number of thioether (sulfide) groups is 1. The van der Waals surface area contributed by atoms with Crippen LogP contribution in [0.2, 0.25) is 0 Å². The zero-order valence-corrected chi connectivity index (χ0v) is 20.7. The average Bonchev–Trinajstić information content (AvgIpc) is 2.84. The van der Waals surface area contributed by atoms with Gasteiger partial charge in [0.15, 0.2) is 5.11 Å². The van der Waals surface area contributed by atoms with E-state index in [9.17, 15) is 14.7 Å². The number of carbonyl (C=O) groups excluding carboxylic acids is 1. The van der Waals surface area contributed by atoms with E-state index < -0.39 is 11.2 Å². The molecule has 0 heterocycles. The molecule has 10 heteroatoms. The van der Waals surface area contributed by atoms with Gasteiger partial charge in [-0.25, -0.2) is 4.79 Å². The van der Waals surface area contributed by atoms with Crippen LogP contribution in [0.4, 0.5) is 17.1 Å². The molecule has 1 unspecified atom stereocenters. The number of para-hydroxylation sites is 2. The maximum Gasteiger partial charge on any atom is 0.339 e. The lowest BCUT2D eigenvalue weighted by atomic mass is 10.1. The number of benzene rings is 3. The molecule has 0 fully saturated rings. The van der Waals surface area contributed by atoms with Crippen molar-refractivity contribution in [2.45, 2.75) is 23.5 Å². The fraction of sp³-hybridized carbons (Fsp3) is 0.160. The monoisotopic (exact) mass is 511 g/mol. The third kappa shape index (κ3) is 7.11. The molecule has 182 valence electrons. The number of aromatic carboxylic acids is 1. The summed E-state index contributed by atoms with van der Waals surface area (Å²) in [5.74, 6) is -1.24. The van der Waals surface area contributed by atoms with Gasteiger partial charge < -0.3 is 30.9 Å². The molecule has 0 aliphatic carbocycles. The van der Waals surface area contributed by atoms with Crippen LogP contribution in [0.3, 0.4) is 0 Å². The molecule has 0 aliphatic heterocycles. The van der Waals surface area contributed by atoms with Gasteiger partial charge >= 0.3 is 5.97 Å². The van der Waals surface area contributed by atoms with Crippen LogP contribution >= 0.6 is 24.0 Å². The minimum Gasteiger partial charge on any atom is -0.507 e. The molecule has 1 amide bonds. The van der Waals surface area contributed by atoms with Crippen LogP contribution in [0.25, 0.3) is 0 Å².